The van der Waals surface area contributed by atoms with Gasteiger partial charge < -0.3 is 14.7 Å². The van der Waals surface area contributed by atoms with E-state index in [0.29, 0.717) is 30.4 Å². The molecule has 2 aromatic rings. The molecule has 0 saturated carbocycles. The smallest absolute Gasteiger partial charge is 0.335 e. The predicted octanol–water partition coefficient (Wildman–Crippen LogP) is 1.95. The number of likely N-dealkylation sites (tertiary alicyclic amines) is 1. The minimum absolute atomic E-state index is 0.214. The van der Waals surface area contributed by atoms with Gasteiger partial charge in [0.05, 0.1) is 5.56 Å². The van der Waals surface area contributed by atoms with Crippen molar-refractivity contribution in [2.45, 2.75) is 31.9 Å². The molecule has 1 fully saturated rings. The van der Waals surface area contributed by atoms with Gasteiger partial charge in [0.25, 0.3) is 0 Å². The lowest BCUT2D eigenvalue weighted by Gasteiger charge is -2.34. The number of carboxylic acids is 1. The molecular formula is C16H19N3O4. The Balaban J connectivity index is 1.61. The third kappa shape index (κ3) is 3.40. The third-order valence-corrected chi connectivity index (χ3v) is 4.22. The van der Waals surface area contributed by atoms with Crippen molar-refractivity contribution in [2.75, 3.05) is 13.1 Å². The monoisotopic (exact) mass is 317 g/mol. The molecular weight excluding hydrogens is 298 g/mol. The number of carbonyl (C=O) groups is 1. The highest BCUT2D eigenvalue weighted by Gasteiger charge is 2.28. The average Bonchev–Trinajstić information content (AvgIpc) is 3.01. The number of aromatic nitrogens is 2. The second-order valence-electron chi connectivity index (χ2n) is 5.79. The van der Waals surface area contributed by atoms with Gasteiger partial charge in [-0.25, -0.2) is 4.79 Å². The molecule has 3 rings (SSSR count). The maximum atomic E-state index is 10.9. The van der Waals surface area contributed by atoms with Gasteiger partial charge in [0, 0.05) is 19.0 Å². The van der Waals surface area contributed by atoms with Crippen molar-refractivity contribution >= 4 is 5.97 Å². The Hall–Kier alpha value is -2.25. The minimum Gasteiger partial charge on any atom is -0.478 e. The van der Waals surface area contributed by atoms with Gasteiger partial charge >= 0.3 is 5.97 Å². The van der Waals surface area contributed by atoms with E-state index in [1.807, 2.05) is 4.90 Å². The quantitative estimate of drug-likeness (QED) is 0.889. The van der Waals surface area contributed by atoms with Gasteiger partial charge in [0.1, 0.15) is 6.23 Å². The molecule has 2 N–H and O–H groups in total. The molecule has 0 spiro atoms. The summed E-state index contributed by atoms with van der Waals surface area (Å²) in [5.74, 6) is 0.569. The SMILES string of the molecule is Cc1noc(C2CCN(C(O)c3ccc(C(=O)O)cc3)CC2)n1. The highest BCUT2D eigenvalue weighted by Crippen LogP contribution is 2.30. The lowest BCUT2D eigenvalue weighted by atomic mass is 9.96. The molecule has 1 saturated heterocycles. The number of aryl methyl sites for hydroxylation is 1. The summed E-state index contributed by atoms with van der Waals surface area (Å²) in [7, 11) is 0. The zero-order chi connectivity index (χ0) is 16.4. The molecule has 1 unspecified atom stereocenters. The van der Waals surface area contributed by atoms with Crippen molar-refractivity contribution < 1.29 is 19.5 Å². The second-order valence-corrected chi connectivity index (χ2v) is 5.79. The summed E-state index contributed by atoms with van der Waals surface area (Å²) in [6, 6.07) is 6.33. The number of aromatic carboxylic acids is 1. The Morgan fingerprint density at radius 1 is 1.30 bits per heavy atom. The van der Waals surface area contributed by atoms with E-state index in [2.05, 4.69) is 10.1 Å². The number of hydrogen-bond donors (Lipinski definition) is 2. The summed E-state index contributed by atoms with van der Waals surface area (Å²) in [5.41, 5.74) is 0.911. The molecule has 1 aromatic carbocycles. The molecule has 0 aliphatic carbocycles. The van der Waals surface area contributed by atoms with Crippen LogP contribution in [-0.2, 0) is 0 Å². The topological polar surface area (TPSA) is 99.7 Å². The molecule has 0 radical (unpaired) electrons. The predicted molar refractivity (Wildman–Crippen MR) is 80.9 cm³/mol. The number of aliphatic hydroxyl groups is 1. The zero-order valence-corrected chi connectivity index (χ0v) is 12.8. The summed E-state index contributed by atoms with van der Waals surface area (Å²) in [4.78, 5) is 17.1. The van der Waals surface area contributed by atoms with Crippen molar-refractivity contribution in [3.05, 3.63) is 47.1 Å². The maximum absolute atomic E-state index is 10.9. The van der Waals surface area contributed by atoms with Crippen LogP contribution in [0.4, 0.5) is 0 Å². The molecule has 1 aliphatic heterocycles. The van der Waals surface area contributed by atoms with Gasteiger partial charge in [-0.05, 0) is 37.5 Å². The van der Waals surface area contributed by atoms with E-state index in [0.717, 1.165) is 12.8 Å². The Kier molecular flexibility index (Phi) is 4.40. The molecule has 122 valence electrons. The number of rotatable bonds is 4. The summed E-state index contributed by atoms with van der Waals surface area (Å²) in [6.45, 7) is 3.23. The number of carboxylic acid groups (broad SMARTS) is 1. The van der Waals surface area contributed by atoms with Crippen molar-refractivity contribution in [3.8, 4) is 0 Å². The molecule has 1 atom stereocenters. The molecule has 0 bridgehead atoms. The number of benzene rings is 1. The van der Waals surface area contributed by atoms with Crippen molar-refractivity contribution in [2.24, 2.45) is 0 Å². The number of nitrogens with zero attached hydrogens (tertiary/aromatic N) is 3. The van der Waals surface area contributed by atoms with Gasteiger partial charge in [-0.15, -0.1) is 0 Å². The van der Waals surface area contributed by atoms with Crippen LogP contribution in [0.5, 0.6) is 0 Å². The van der Waals surface area contributed by atoms with Crippen LogP contribution in [-0.4, -0.2) is 44.3 Å². The van der Waals surface area contributed by atoms with Crippen LogP contribution < -0.4 is 0 Å². The van der Waals surface area contributed by atoms with E-state index < -0.39 is 12.2 Å². The molecule has 7 nitrogen and oxygen atoms in total. The summed E-state index contributed by atoms with van der Waals surface area (Å²) < 4.78 is 5.22. The van der Waals surface area contributed by atoms with Gasteiger partial charge in [0.15, 0.2) is 5.82 Å². The minimum atomic E-state index is -0.971. The van der Waals surface area contributed by atoms with E-state index in [1.165, 1.54) is 12.1 Å². The fraction of sp³-hybridized carbons (Fsp3) is 0.438. The van der Waals surface area contributed by atoms with Crippen LogP contribution in [0.15, 0.2) is 28.8 Å². The maximum Gasteiger partial charge on any atom is 0.335 e. The number of aliphatic hydroxyl groups excluding tert-OH is 1. The summed E-state index contributed by atoms with van der Waals surface area (Å²) in [5, 5.41) is 23.2. The highest BCUT2D eigenvalue weighted by atomic mass is 16.5. The first-order valence-corrected chi connectivity index (χ1v) is 7.60. The molecule has 23 heavy (non-hydrogen) atoms. The zero-order valence-electron chi connectivity index (χ0n) is 12.8. The standard InChI is InChI=1S/C16H19N3O4/c1-10-17-14(23-18-10)11-6-8-19(9-7-11)15(20)12-2-4-13(5-3-12)16(21)22/h2-5,11,15,20H,6-9H2,1H3,(H,21,22). The van der Waals surface area contributed by atoms with Gasteiger partial charge in [-0.2, -0.15) is 4.98 Å². The van der Waals surface area contributed by atoms with Crippen LogP contribution in [0.25, 0.3) is 0 Å². The third-order valence-electron chi connectivity index (χ3n) is 4.22. The van der Waals surface area contributed by atoms with E-state index in [4.69, 9.17) is 9.63 Å². The van der Waals surface area contributed by atoms with Crippen molar-refractivity contribution in [1.82, 2.24) is 15.0 Å². The molecule has 0 amide bonds. The van der Waals surface area contributed by atoms with E-state index in [9.17, 15) is 9.90 Å². The summed E-state index contributed by atoms with van der Waals surface area (Å²) in [6.07, 6.45) is 0.945. The van der Waals surface area contributed by atoms with E-state index >= 15 is 0 Å². The van der Waals surface area contributed by atoms with Crippen LogP contribution >= 0.6 is 0 Å². The van der Waals surface area contributed by atoms with Crippen LogP contribution in [0.1, 0.15) is 52.6 Å². The normalized spacial score (nSPS) is 18.0. The average molecular weight is 317 g/mol. The number of piperidine rings is 1. The Bertz CT molecular complexity index is 675. The van der Waals surface area contributed by atoms with Crippen molar-refractivity contribution in [1.29, 1.82) is 0 Å². The first kappa shape index (κ1) is 15.6. The Labute approximate surface area is 133 Å². The van der Waals surface area contributed by atoms with Crippen LogP contribution in [0.2, 0.25) is 0 Å². The molecule has 7 heteroatoms. The van der Waals surface area contributed by atoms with E-state index in [1.54, 1.807) is 19.1 Å². The summed E-state index contributed by atoms with van der Waals surface area (Å²) >= 11 is 0. The largest absolute Gasteiger partial charge is 0.478 e. The van der Waals surface area contributed by atoms with Crippen LogP contribution in [0.3, 0.4) is 0 Å². The second kappa shape index (κ2) is 6.47. The lowest BCUT2D eigenvalue weighted by Crippen LogP contribution is -2.36. The van der Waals surface area contributed by atoms with Gasteiger partial charge in [-0.3, -0.25) is 4.90 Å². The Morgan fingerprint density at radius 2 is 1.96 bits per heavy atom. The van der Waals surface area contributed by atoms with Crippen molar-refractivity contribution in [3.63, 3.8) is 0 Å². The van der Waals surface area contributed by atoms with Gasteiger partial charge in [0.2, 0.25) is 5.89 Å². The first-order chi connectivity index (χ1) is 11.0. The number of hydrogen-bond acceptors (Lipinski definition) is 6. The lowest BCUT2D eigenvalue weighted by molar-refractivity contribution is -0.0149. The fourth-order valence-electron chi connectivity index (χ4n) is 2.88. The Morgan fingerprint density at radius 3 is 2.48 bits per heavy atom. The van der Waals surface area contributed by atoms with Gasteiger partial charge in [-0.1, -0.05) is 17.3 Å². The van der Waals surface area contributed by atoms with Crippen LogP contribution in [0, 0.1) is 6.92 Å². The molecule has 1 aliphatic rings. The fourth-order valence-corrected chi connectivity index (χ4v) is 2.88. The molecule has 2 heterocycles. The highest BCUT2D eigenvalue weighted by molar-refractivity contribution is 5.87. The van der Waals surface area contributed by atoms with E-state index in [-0.39, 0.29) is 11.5 Å². The molecule has 1 aromatic heterocycles. The first-order valence-electron chi connectivity index (χ1n) is 7.60.